The van der Waals surface area contributed by atoms with Crippen LogP contribution in [0.25, 0.3) is 0 Å². The van der Waals surface area contributed by atoms with Crippen LogP contribution in [0.5, 0.6) is 5.75 Å². The Labute approximate surface area is 199 Å². The van der Waals surface area contributed by atoms with Gasteiger partial charge in [-0.3, -0.25) is 9.59 Å². The minimum atomic E-state index is -0.216. The molecule has 1 aliphatic carbocycles. The van der Waals surface area contributed by atoms with Gasteiger partial charge in [0.1, 0.15) is 12.3 Å². The quantitative estimate of drug-likeness (QED) is 0.554. The molecule has 2 aliphatic rings. The monoisotopic (exact) mass is 469 g/mol. The molecule has 7 nitrogen and oxygen atoms in total. The highest BCUT2D eigenvalue weighted by molar-refractivity contribution is 7.12. The lowest BCUT2D eigenvalue weighted by molar-refractivity contribution is -0.144. The summed E-state index contributed by atoms with van der Waals surface area (Å²) in [4.78, 5) is 29.4. The second-order valence-electron chi connectivity index (χ2n) is 8.49. The standard InChI is InChI=1S/C25H31N3O4S/c1-31-14-13-27(25(30)19-6-3-4-7-19)17-24(29)28-22(18-9-11-20(32-2)12-10-18)16-21(26-28)23-8-5-15-33-23/h5,8-12,15,19,22H,3-4,6-7,13-14,16-17H2,1-2H3/t22-/m0/s1. The molecule has 2 heterocycles. The Hall–Kier alpha value is -2.71. The van der Waals surface area contributed by atoms with Crippen molar-refractivity contribution < 1.29 is 19.1 Å². The molecular formula is C25H31N3O4S. The predicted molar refractivity (Wildman–Crippen MR) is 128 cm³/mol. The normalized spacial score (nSPS) is 18.4. The summed E-state index contributed by atoms with van der Waals surface area (Å²) in [6, 6.07) is 11.5. The summed E-state index contributed by atoms with van der Waals surface area (Å²) in [7, 11) is 3.24. The summed E-state index contributed by atoms with van der Waals surface area (Å²) in [5, 5.41) is 8.31. The van der Waals surface area contributed by atoms with Gasteiger partial charge < -0.3 is 14.4 Å². The molecule has 1 fully saturated rings. The van der Waals surface area contributed by atoms with Crippen LogP contribution in [-0.2, 0) is 14.3 Å². The molecule has 4 rings (SSSR count). The molecule has 0 N–H and O–H groups in total. The highest BCUT2D eigenvalue weighted by Crippen LogP contribution is 2.35. The van der Waals surface area contributed by atoms with E-state index < -0.39 is 0 Å². The van der Waals surface area contributed by atoms with Crippen molar-refractivity contribution in [1.82, 2.24) is 9.91 Å². The number of thiophene rings is 1. The summed E-state index contributed by atoms with van der Waals surface area (Å²) >= 11 is 1.61. The lowest BCUT2D eigenvalue weighted by Gasteiger charge is -2.28. The van der Waals surface area contributed by atoms with Gasteiger partial charge in [0.15, 0.2) is 0 Å². The minimum Gasteiger partial charge on any atom is -0.497 e. The fourth-order valence-electron chi connectivity index (χ4n) is 4.55. The van der Waals surface area contributed by atoms with Crippen molar-refractivity contribution in [1.29, 1.82) is 0 Å². The van der Waals surface area contributed by atoms with Crippen molar-refractivity contribution in [2.75, 3.05) is 33.9 Å². The molecule has 2 amide bonds. The van der Waals surface area contributed by atoms with Crippen LogP contribution in [0.1, 0.15) is 48.6 Å². The van der Waals surface area contributed by atoms with Crippen molar-refractivity contribution in [2.45, 2.75) is 38.1 Å². The summed E-state index contributed by atoms with van der Waals surface area (Å²) in [5.41, 5.74) is 1.88. The highest BCUT2D eigenvalue weighted by Gasteiger charge is 2.36. The molecule has 0 bridgehead atoms. The molecular weight excluding hydrogens is 438 g/mol. The zero-order valence-corrected chi connectivity index (χ0v) is 20.1. The van der Waals surface area contributed by atoms with Crippen molar-refractivity contribution in [3.63, 3.8) is 0 Å². The average Bonchev–Trinajstić information content (AvgIpc) is 3.62. The van der Waals surface area contributed by atoms with Crippen LogP contribution in [0.2, 0.25) is 0 Å². The first kappa shape index (κ1) is 23.4. The van der Waals surface area contributed by atoms with Gasteiger partial charge in [0, 0.05) is 26.0 Å². The third kappa shape index (κ3) is 5.45. The zero-order chi connectivity index (χ0) is 23.2. The molecule has 1 aliphatic heterocycles. The number of carbonyl (C=O) groups is 2. The number of benzene rings is 1. The number of amides is 2. The molecule has 0 radical (unpaired) electrons. The Morgan fingerprint density at radius 1 is 1.15 bits per heavy atom. The Kier molecular flexibility index (Phi) is 7.77. The van der Waals surface area contributed by atoms with E-state index >= 15 is 0 Å². The molecule has 8 heteroatoms. The largest absolute Gasteiger partial charge is 0.497 e. The molecule has 2 aromatic rings. The molecule has 0 spiro atoms. The summed E-state index contributed by atoms with van der Waals surface area (Å²) in [6.45, 7) is 0.810. The number of nitrogens with zero attached hydrogens (tertiary/aromatic N) is 3. The summed E-state index contributed by atoms with van der Waals surface area (Å²) < 4.78 is 10.5. The van der Waals surface area contributed by atoms with Crippen LogP contribution in [-0.4, -0.2) is 61.4 Å². The van der Waals surface area contributed by atoms with Gasteiger partial charge in [-0.15, -0.1) is 11.3 Å². The first-order chi connectivity index (χ1) is 16.1. The molecule has 1 saturated carbocycles. The summed E-state index contributed by atoms with van der Waals surface area (Å²) in [5.74, 6) is 0.656. The minimum absolute atomic E-state index is 0.00652. The third-order valence-corrected chi connectivity index (χ3v) is 7.30. The van der Waals surface area contributed by atoms with Gasteiger partial charge >= 0.3 is 0 Å². The highest BCUT2D eigenvalue weighted by atomic mass is 32.1. The van der Waals surface area contributed by atoms with Crippen LogP contribution >= 0.6 is 11.3 Å². The van der Waals surface area contributed by atoms with Crippen molar-refractivity contribution in [3.05, 3.63) is 52.2 Å². The van der Waals surface area contributed by atoms with Gasteiger partial charge in [0.2, 0.25) is 5.91 Å². The third-order valence-electron chi connectivity index (χ3n) is 6.38. The van der Waals surface area contributed by atoms with Crippen molar-refractivity contribution >= 4 is 28.9 Å². The van der Waals surface area contributed by atoms with E-state index in [2.05, 4.69) is 0 Å². The SMILES string of the molecule is COCCN(CC(=O)N1N=C(c2cccs2)C[C@H]1c1ccc(OC)cc1)C(=O)C1CCCC1. The maximum Gasteiger partial charge on any atom is 0.262 e. The molecule has 176 valence electrons. The molecule has 33 heavy (non-hydrogen) atoms. The maximum atomic E-state index is 13.5. The van der Waals surface area contributed by atoms with Gasteiger partial charge in [0.05, 0.1) is 30.3 Å². The number of hydrogen-bond acceptors (Lipinski definition) is 6. The van der Waals surface area contributed by atoms with Gasteiger partial charge in [-0.05, 0) is 42.0 Å². The molecule has 1 aromatic carbocycles. The first-order valence-corrected chi connectivity index (χ1v) is 12.3. The Bertz CT molecular complexity index is 968. The van der Waals surface area contributed by atoms with E-state index in [1.807, 2.05) is 41.8 Å². The predicted octanol–water partition coefficient (Wildman–Crippen LogP) is 4.10. The maximum absolute atomic E-state index is 13.5. The second kappa shape index (κ2) is 10.9. The van der Waals surface area contributed by atoms with Gasteiger partial charge in [-0.2, -0.15) is 5.10 Å². The van der Waals surface area contributed by atoms with Crippen molar-refractivity contribution in [3.8, 4) is 5.75 Å². The number of methoxy groups -OCH3 is 2. The fourth-order valence-corrected chi connectivity index (χ4v) is 5.27. The van der Waals surface area contributed by atoms with Crippen LogP contribution in [0.3, 0.4) is 0 Å². The van der Waals surface area contributed by atoms with Crippen LogP contribution in [0.15, 0.2) is 46.9 Å². The van der Waals surface area contributed by atoms with Gasteiger partial charge in [0.25, 0.3) is 5.91 Å². The number of carbonyl (C=O) groups excluding carboxylic acids is 2. The molecule has 1 aromatic heterocycles. The molecule has 1 atom stereocenters. The molecule has 0 saturated heterocycles. The summed E-state index contributed by atoms with van der Waals surface area (Å²) in [6.07, 6.45) is 4.57. The fraction of sp³-hybridized carbons (Fsp3) is 0.480. The lowest BCUT2D eigenvalue weighted by atomic mass is 10.0. The van der Waals surface area contributed by atoms with Crippen molar-refractivity contribution in [2.24, 2.45) is 11.0 Å². The Morgan fingerprint density at radius 3 is 2.55 bits per heavy atom. The number of hydrazone groups is 1. The van der Waals surface area contributed by atoms with E-state index in [0.29, 0.717) is 19.6 Å². The van der Waals surface area contributed by atoms with E-state index in [4.69, 9.17) is 14.6 Å². The van der Waals surface area contributed by atoms with E-state index in [9.17, 15) is 9.59 Å². The van der Waals surface area contributed by atoms with E-state index in [-0.39, 0.29) is 30.3 Å². The second-order valence-corrected chi connectivity index (χ2v) is 9.44. The topological polar surface area (TPSA) is 71.4 Å². The van der Waals surface area contributed by atoms with Gasteiger partial charge in [-0.1, -0.05) is 31.0 Å². The van der Waals surface area contributed by atoms with Crippen LogP contribution < -0.4 is 4.74 Å². The zero-order valence-electron chi connectivity index (χ0n) is 19.2. The number of ether oxygens (including phenoxy) is 2. The van der Waals surface area contributed by atoms with E-state index in [0.717, 1.165) is 47.6 Å². The van der Waals surface area contributed by atoms with Crippen LogP contribution in [0.4, 0.5) is 0 Å². The lowest BCUT2D eigenvalue weighted by Crippen LogP contribution is -2.44. The van der Waals surface area contributed by atoms with Gasteiger partial charge in [-0.25, -0.2) is 5.01 Å². The molecule has 0 unspecified atom stereocenters. The number of hydrogen-bond donors (Lipinski definition) is 0. The van der Waals surface area contributed by atoms with E-state index in [1.165, 1.54) is 0 Å². The number of rotatable bonds is 9. The Balaban J connectivity index is 1.56. The smallest absolute Gasteiger partial charge is 0.262 e. The first-order valence-electron chi connectivity index (χ1n) is 11.5. The van der Waals surface area contributed by atoms with Crippen LogP contribution in [0, 0.1) is 5.92 Å². The van der Waals surface area contributed by atoms with E-state index in [1.54, 1.807) is 35.5 Å². The Morgan fingerprint density at radius 2 is 1.91 bits per heavy atom. The average molecular weight is 470 g/mol.